The number of hydrogen-bond donors (Lipinski definition) is 4. The summed E-state index contributed by atoms with van der Waals surface area (Å²) in [5, 5.41) is 30.2. The molecule has 5 N–H and O–H groups in total. The largest absolute Gasteiger partial charge is 0.397 e. The average Bonchev–Trinajstić information content (AvgIpc) is 3.05. The van der Waals surface area contributed by atoms with Gasteiger partial charge in [-0.15, -0.1) is 0 Å². The van der Waals surface area contributed by atoms with Crippen LogP contribution in [0.2, 0.25) is 0 Å². The third-order valence-corrected chi connectivity index (χ3v) is 4.36. The molecule has 2 aliphatic rings. The Kier molecular flexibility index (Phi) is 3.07. The first-order valence-electron chi connectivity index (χ1n) is 7.21. The lowest BCUT2D eigenvalue weighted by Crippen LogP contribution is -2.33. The zero-order valence-corrected chi connectivity index (χ0v) is 12.4. The van der Waals surface area contributed by atoms with Gasteiger partial charge in [0.2, 0.25) is 0 Å². The highest BCUT2D eigenvalue weighted by Crippen LogP contribution is 2.39. The van der Waals surface area contributed by atoms with Crippen LogP contribution >= 0.6 is 0 Å². The molecule has 4 heterocycles. The highest BCUT2D eigenvalue weighted by Gasteiger charge is 2.44. The second-order valence-corrected chi connectivity index (χ2v) is 5.77. The Morgan fingerprint density at radius 2 is 2.09 bits per heavy atom. The fourth-order valence-corrected chi connectivity index (χ4v) is 3.20. The van der Waals surface area contributed by atoms with E-state index in [-0.39, 0.29) is 6.61 Å². The number of aliphatic hydroxyl groups excluding tert-OH is 3. The Morgan fingerprint density at radius 3 is 2.78 bits per heavy atom. The number of nitrogens with two attached hydrogens (primary N) is 1. The quantitative estimate of drug-likeness (QED) is 0.540. The fraction of sp³-hybridized carbons (Fsp3) is 0.429. The first-order chi connectivity index (χ1) is 11.0. The molecule has 1 saturated heterocycles. The Morgan fingerprint density at radius 1 is 1.30 bits per heavy atom. The number of aliphatic hydroxyl groups is 3. The van der Waals surface area contributed by atoms with Crippen LogP contribution < -0.4 is 10.6 Å². The molecule has 1 fully saturated rings. The zero-order chi connectivity index (χ0) is 16.3. The van der Waals surface area contributed by atoms with Gasteiger partial charge in [-0.25, -0.2) is 9.97 Å². The summed E-state index contributed by atoms with van der Waals surface area (Å²) >= 11 is 0. The molecule has 0 bridgehead atoms. The zero-order valence-electron chi connectivity index (χ0n) is 12.4. The Bertz CT molecular complexity index is 804. The highest BCUT2D eigenvalue weighted by molar-refractivity contribution is 6.01. The minimum Gasteiger partial charge on any atom is -0.397 e. The van der Waals surface area contributed by atoms with Crippen molar-refractivity contribution in [2.24, 2.45) is 5.73 Å². The molecule has 9 heteroatoms. The average molecular weight is 319 g/mol. The lowest BCUT2D eigenvalue weighted by Gasteiger charge is -2.20. The molecule has 2 aromatic rings. The van der Waals surface area contributed by atoms with Crippen molar-refractivity contribution in [1.29, 1.82) is 0 Å². The van der Waals surface area contributed by atoms with Gasteiger partial charge in [-0.3, -0.25) is 0 Å². The fourth-order valence-electron chi connectivity index (χ4n) is 3.20. The van der Waals surface area contributed by atoms with Crippen molar-refractivity contribution in [3.63, 3.8) is 0 Å². The van der Waals surface area contributed by atoms with Crippen molar-refractivity contribution >= 4 is 22.5 Å². The summed E-state index contributed by atoms with van der Waals surface area (Å²) in [5.74, 6) is 0.699. The van der Waals surface area contributed by atoms with Crippen LogP contribution in [-0.2, 0) is 4.74 Å². The van der Waals surface area contributed by atoms with Crippen molar-refractivity contribution in [3.05, 3.63) is 24.3 Å². The summed E-state index contributed by atoms with van der Waals surface area (Å²) in [5.41, 5.74) is 7.91. The van der Waals surface area contributed by atoms with Crippen molar-refractivity contribution in [1.82, 2.24) is 14.5 Å². The van der Waals surface area contributed by atoms with E-state index in [4.69, 9.17) is 10.5 Å². The van der Waals surface area contributed by atoms with Gasteiger partial charge in [-0.05, 0) is 0 Å². The van der Waals surface area contributed by atoms with Crippen molar-refractivity contribution in [2.75, 3.05) is 18.6 Å². The minimum absolute atomic E-state index is 0.383. The van der Waals surface area contributed by atoms with Gasteiger partial charge in [0.15, 0.2) is 6.23 Å². The third-order valence-electron chi connectivity index (χ3n) is 4.36. The van der Waals surface area contributed by atoms with Crippen molar-refractivity contribution in [2.45, 2.75) is 24.5 Å². The van der Waals surface area contributed by atoms with Gasteiger partial charge in [0.25, 0.3) is 0 Å². The van der Waals surface area contributed by atoms with Gasteiger partial charge >= 0.3 is 0 Å². The van der Waals surface area contributed by atoms with Crippen LogP contribution in [-0.4, -0.2) is 61.8 Å². The van der Waals surface area contributed by atoms with Gasteiger partial charge in [-0.1, -0.05) is 0 Å². The molecule has 4 unspecified atom stereocenters. The standard InChI is InChI=1S/C14H17N5O4/c1-18-3-7(15)6-2-19(13-9(6)12(18)16-5-17-13)14-11(22)10(21)8(4-20)23-14/h2-3,5,8,10-11,14,20-22H,4,15H2,1H3. The van der Waals surface area contributed by atoms with E-state index >= 15 is 0 Å². The second kappa shape index (κ2) is 4.90. The van der Waals surface area contributed by atoms with E-state index < -0.39 is 24.5 Å². The first kappa shape index (κ1) is 14.4. The summed E-state index contributed by atoms with van der Waals surface area (Å²) < 4.78 is 7.21. The molecule has 9 nitrogen and oxygen atoms in total. The van der Waals surface area contributed by atoms with Crippen LogP contribution in [0.15, 0.2) is 18.7 Å². The molecule has 0 aliphatic carbocycles. The summed E-state index contributed by atoms with van der Waals surface area (Å²) in [6.07, 6.45) is 0.833. The smallest absolute Gasteiger partial charge is 0.164 e. The molecular weight excluding hydrogens is 302 g/mol. The maximum atomic E-state index is 10.3. The molecule has 0 amide bonds. The normalized spacial score (nSPS) is 30.1. The van der Waals surface area contributed by atoms with Gasteiger partial charge in [0.1, 0.15) is 36.1 Å². The number of nitrogens with zero attached hydrogens (tertiary/aromatic N) is 4. The topological polar surface area (TPSA) is 130 Å². The summed E-state index contributed by atoms with van der Waals surface area (Å²) in [6.45, 7) is -0.383. The van der Waals surface area contributed by atoms with E-state index in [0.717, 1.165) is 10.9 Å². The van der Waals surface area contributed by atoms with Crippen LogP contribution in [0.4, 0.5) is 5.82 Å². The molecule has 0 saturated carbocycles. The van der Waals surface area contributed by atoms with Gasteiger partial charge < -0.3 is 35.3 Å². The second-order valence-electron chi connectivity index (χ2n) is 5.77. The van der Waals surface area contributed by atoms with Crippen LogP contribution in [0.1, 0.15) is 11.8 Å². The number of ether oxygens (including phenoxy) is 1. The molecule has 4 rings (SSSR count). The van der Waals surface area contributed by atoms with Crippen molar-refractivity contribution < 1.29 is 20.1 Å². The van der Waals surface area contributed by atoms with Crippen LogP contribution in [0.3, 0.4) is 0 Å². The highest BCUT2D eigenvalue weighted by atomic mass is 16.6. The monoisotopic (exact) mass is 319 g/mol. The van der Waals surface area contributed by atoms with Gasteiger partial charge in [-0.2, -0.15) is 0 Å². The molecule has 122 valence electrons. The molecular formula is C14H17N5O4. The van der Waals surface area contributed by atoms with E-state index in [2.05, 4.69) is 9.97 Å². The first-order valence-corrected chi connectivity index (χ1v) is 7.21. The van der Waals surface area contributed by atoms with Gasteiger partial charge in [0, 0.05) is 25.0 Å². The number of rotatable bonds is 2. The molecule has 4 atom stereocenters. The predicted molar refractivity (Wildman–Crippen MR) is 81.1 cm³/mol. The van der Waals surface area contributed by atoms with Crippen LogP contribution in [0.5, 0.6) is 0 Å². The molecule has 0 radical (unpaired) electrons. The number of hydrogen-bond acceptors (Lipinski definition) is 8. The minimum atomic E-state index is -1.18. The molecule has 0 aromatic carbocycles. The Hall–Kier alpha value is -2.20. The lowest BCUT2D eigenvalue weighted by atomic mass is 10.1. The molecule has 23 heavy (non-hydrogen) atoms. The Balaban J connectivity index is 1.89. The van der Waals surface area contributed by atoms with Crippen molar-refractivity contribution in [3.8, 4) is 0 Å². The van der Waals surface area contributed by atoms with Gasteiger partial charge in [0.05, 0.1) is 17.7 Å². The molecule has 2 aliphatic heterocycles. The maximum absolute atomic E-state index is 10.3. The number of aromatic nitrogens is 3. The maximum Gasteiger partial charge on any atom is 0.164 e. The Labute approximate surface area is 131 Å². The third kappa shape index (κ3) is 1.88. The lowest BCUT2D eigenvalue weighted by molar-refractivity contribution is -0.0508. The summed E-state index contributed by atoms with van der Waals surface area (Å²) in [7, 11) is 1.83. The van der Waals surface area contributed by atoms with Crippen LogP contribution in [0, 0.1) is 0 Å². The van der Waals surface area contributed by atoms with E-state index in [9.17, 15) is 15.3 Å². The van der Waals surface area contributed by atoms with E-state index in [1.54, 1.807) is 21.9 Å². The van der Waals surface area contributed by atoms with E-state index in [1.807, 2.05) is 7.05 Å². The predicted octanol–water partition coefficient (Wildman–Crippen LogP) is -1.25. The SMILES string of the molecule is CN1C=C(N)c2cn(C3OC(CO)C(O)C3O)c3ncnc1c23. The molecule has 2 aromatic heterocycles. The van der Waals surface area contributed by atoms with E-state index in [0.29, 0.717) is 17.2 Å². The molecule has 0 spiro atoms. The summed E-state index contributed by atoms with van der Waals surface area (Å²) in [6, 6.07) is 0. The van der Waals surface area contributed by atoms with E-state index in [1.165, 1.54) is 6.33 Å². The number of anilines is 1. The van der Waals surface area contributed by atoms with Crippen LogP contribution in [0.25, 0.3) is 16.7 Å². The summed E-state index contributed by atoms with van der Waals surface area (Å²) in [4.78, 5) is 10.3.